The van der Waals surface area contributed by atoms with Gasteiger partial charge >= 0.3 is 0 Å². The Labute approximate surface area is 72.9 Å². The van der Waals surface area contributed by atoms with E-state index in [0.717, 1.165) is 32.2 Å². The normalized spacial score (nSPS) is 28.6. The van der Waals surface area contributed by atoms with Crippen LogP contribution in [0.3, 0.4) is 0 Å². The van der Waals surface area contributed by atoms with Crippen LogP contribution in [0.1, 0.15) is 25.7 Å². The third-order valence-corrected chi connectivity index (χ3v) is 2.65. The van der Waals surface area contributed by atoms with Gasteiger partial charge in [0.15, 0.2) is 0 Å². The van der Waals surface area contributed by atoms with E-state index in [1.54, 1.807) is 0 Å². The summed E-state index contributed by atoms with van der Waals surface area (Å²) in [5.41, 5.74) is 0. The molecular weight excluding hydrogens is 150 g/mol. The Morgan fingerprint density at radius 3 is 2.75 bits per heavy atom. The maximum absolute atomic E-state index is 11.6. The van der Waals surface area contributed by atoms with E-state index in [1.807, 2.05) is 4.90 Å². The Balaban J connectivity index is 2.02. The Hall–Kier alpha value is -0.970. The van der Waals surface area contributed by atoms with Crippen molar-refractivity contribution in [2.45, 2.75) is 31.7 Å². The molecule has 2 aliphatic rings. The number of hydrogen-bond donors (Lipinski definition) is 0. The van der Waals surface area contributed by atoms with E-state index in [2.05, 4.69) is 5.92 Å². The summed E-state index contributed by atoms with van der Waals surface area (Å²) in [7, 11) is 0. The lowest BCUT2D eigenvalue weighted by molar-refractivity contribution is -0.132. The number of rotatable bonds is 1. The monoisotopic (exact) mass is 163 g/mol. The number of carbonyl (C=O) groups is 1. The molecule has 64 valence electrons. The molecule has 2 heteroatoms. The molecule has 12 heavy (non-hydrogen) atoms. The van der Waals surface area contributed by atoms with Gasteiger partial charge in [-0.3, -0.25) is 4.79 Å². The molecule has 2 fully saturated rings. The first-order valence-corrected chi connectivity index (χ1v) is 4.59. The minimum absolute atomic E-state index is 0.0955. The predicted molar refractivity (Wildman–Crippen MR) is 46.3 cm³/mol. The fraction of sp³-hybridized carbons (Fsp3) is 0.700. The summed E-state index contributed by atoms with van der Waals surface area (Å²) >= 11 is 0. The molecule has 1 saturated heterocycles. The molecule has 1 heterocycles. The van der Waals surface area contributed by atoms with Crippen molar-refractivity contribution in [2.75, 3.05) is 6.54 Å². The average molecular weight is 163 g/mol. The molecule has 0 aromatic rings. The highest BCUT2D eigenvalue weighted by atomic mass is 16.2. The number of likely N-dealkylation sites (tertiary alicyclic amines) is 1. The summed E-state index contributed by atoms with van der Waals surface area (Å²) < 4.78 is 0. The molecular formula is C10H13NO. The Morgan fingerprint density at radius 2 is 2.17 bits per heavy atom. The van der Waals surface area contributed by atoms with Crippen LogP contribution in [0.25, 0.3) is 0 Å². The van der Waals surface area contributed by atoms with E-state index in [4.69, 9.17) is 6.42 Å². The number of terminal acetylenes is 1. The molecule has 1 aliphatic heterocycles. The fourth-order valence-electron chi connectivity index (χ4n) is 1.77. The third-order valence-electron chi connectivity index (χ3n) is 2.65. The highest BCUT2D eigenvalue weighted by Gasteiger charge is 2.37. The summed E-state index contributed by atoms with van der Waals surface area (Å²) in [6.07, 6.45) is 9.56. The molecule has 1 saturated carbocycles. The third kappa shape index (κ3) is 1.20. The van der Waals surface area contributed by atoms with Crippen molar-refractivity contribution in [1.29, 1.82) is 0 Å². The fourth-order valence-corrected chi connectivity index (χ4v) is 1.77. The zero-order valence-electron chi connectivity index (χ0n) is 7.12. The minimum Gasteiger partial charge on any atom is -0.329 e. The van der Waals surface area contributed by atoms with Gasteiger partial charge in [-0.05, 0) is 25.7 Å². The largest absolute Gasteiger partial charge is 0.329 e. The van der Waals surface area contributed by atoms with Crippen LogP contribution in [-0.2, 0) is 4.79 Å². The van der Waals surface area contributed by atoms with Gasteiger partial charge in [0.1, 0.15) is 0 Å². The quantitative estimate of drug-likeness (QED) is 0.528. The molecule has 0 radical (unpaired) electrons. The second-order valence-corrected chi connectivity index (χ2v) is 3.63. The van der Waals surface area contributed by atoms with Crippen molar-refractivity contribution in [3.05, 3.63) is 0 Å². The molecule has 1 unspecified atom stereocenters. The van der Waals surface area contributed by atoms with Gasteiger partial charge in [0.2, 0.25) is 5.91 Å². The summed E-state index contributed by atoms with van der Waals surface area (Å²) in [6.45, 7) is 0.879. The van der Waals surface area contributed by atoms with Gasteiger partial charge in [-0.1, -0.05) is 5.92 Å². The van der Waals surface area contributed by atoms with E-state index in [0.29, 0.717) is 11.8 Å². The van der Waals surface area contributed by atoms with Gasteiger partial charge in [-0.2, -0.15) is 0 Å². The topological polar surface area (TPSA) is 20.3 Å². The molecule has 0 aromatic carbocycles. The molecule has 0 aromatic heterocycles. The van der Waals surface area contributed by atoms with Crippen LogP contribution in [-0.4, -0.2) is 23.4 Å². The first-order chi connectivity index (χ1) is 5.83. The van der Waals surface area contributed by atoms with Gasteiger partial charge in [0, 0.05) is 12.5 Å². The molecule has 0 N–H and O–H groups in total. The molecule has 0 bridgehead atoms. The van der Waals surface area contributed by atoms with E-state index in [1.165, 1.54) is 0 Å². The van der Waals surface area contributed by atoms with Crippen molar-refractivity contribution >= 4 is 5.91 Å². The van der Waals surface area contributed by atoms with Crippen LogP contribution in [0.5, 0.6) is 0 Å². The van der Waals surface area contributed by atoms with Gasteiger partial charge in [-0.15, -0.1) is 6.42 Å². The van der Waals surface area contributed by atoms with Crippen molar-refractivity contribution in [1.82, 2.24) is 4.90 Å². The van der Waals surface area contributed by atoms with Crippen LogP contribution in [0.2, 0.25) is 0 Å². The summed E-state index contributed by atoms with van der Waals surface area (Å²) in [6, 6.07) is 0.0955. The Bertz CT molecular complexity index is 237. The molecule has 0 spiro atoms. The standard InChI is InChI=1S/C10H13NO/c1-2-9-4-3-7-11(9)10(12)8-5-6-8/h1,8-9H,3-7H2. The van der Waals surface area contributed by atoms with E-state index in [9.17, 15) is 4.79 Å². The lowest BCUT2D eigenvalue weighted by Gasteiger charge is -2.20. The highest BCUT2D eigenvalue weighted by Crippen LogP contribution is 2.33. The molecule has 2 rings (SSSR count). The highest BCUT2D eigenvalue weighted by molar-refractivity contribution is 5.81. The second kappa shape index (κ2) is 2.82. The first-order valence-electron chi connectivity index (χ1n) is 4.59. The Morgan fingerprint density at radius 1 is 1.42 bits per heavy atom. The molecule has 1 amide bonds. The van der Waals surface area contributed by atoms with Crippen LogP contribution in [0.4, 0.5) is 0 Å². The Kier molecular flexibility index (Phi) is 1.80. The first kappa shape index (κ1) is 7.67. The van der Waals surface area contributed by atoms with Crippen LogP contribution >= 0.6 is 0 Å². The molecule has 1 aliphatic carbocycles. The van der Waals surface area contributed by atoms with Gasteiger partial charge < -0.3 is 4.90 Å². The van der Waals surface area contributed by atoms with E-state index < -0.39 is 0 Å². The number of nitrogens with zero attached hydrogens (tertiary/aromatic N) is 1. The maximum atomic E-state index is 11.6. The molecule has 1 atom stereocenters. The van der Waals surface area contributed by atoms with Crippen molar-refractivity contribution < 1.29 is 4.79 Å². The zero-order chi connectivity index (χ0) is 8.55. The van der Waals surface area contributed by atoms with Crippen LogP contribution < -0.4 is 0 Å². The lowest BCUT2D eigenvalue weighted by Crippen LogP contribution is -2.35. The summed E-state index contributed by atoms with van der Waals surface area (Å²) in [5.74, 6) is 3.30. The number of amides is 1. The van der Waals surface area contributed by atoms with Crippen LogP contribution in [0, 0.1) is 18.3 Å². The van der Waals surface area contributed by atoms with Crippen LogP contribution in [0.15, 0.2) is 0 Å². The zero-order valence-corrected chi connectivity index (χ0v) is 7.12. The SMILES string of the molecule is C#CC1CCCN1C(=O)C1CC1. The number of carbonyl (C=O) groups excluding carboxylic acids is 1. The lowest BCUT2D eigenvalue weighted by atomic mass is 10.2. The number of hydrogen-bond acceptors (Lipinski definition) is 1. The van der Waals surface area contributed by atoms with Gasteiger partial charge in [0.05, 0.1) is 6.04 Å². The summed E-state index contributed by atoms with van der Waals surface area (Å²) in [4.78, 5) is 13.5. The van der Waals surface area contributed by atoms with E-state index in [-0.39, 0.29) is 6.04 Å². The maximum Gasteiger partial charge on any atom is 0.226 e. The second-order valence-electron chi connectivity index (χ2n) is 3.63. The van der Waals surface area contributed by atoms with Gasteiger partial charge in [-0.25, -0.2) is 0 Å². The van der Waals surface area contributed by atoms with Gasteiger partial charge in [0.25, 0.3) is 0 Å². The molecule has 2 nitrogen and oxygen atoms in total. The van der Waals surface area contributed by atoms with Crippen molar-refractivity contribution in [2.24, 2.45) is 5.92 Å². The predicted octanol–water partition coefficient (Wildman–Crippen LogP) is 1.02. The van der Waals surface area contributed by atoms with Crippen molar-refractivity contribution in [3.8, 4) is 12.3 Å². The van der Waals surface area contributed by atoms with E-state index >= 15 is 0 Å². The van der Waals surface area contributed by atoms with Crippen molar-refractivity contribution in [3.63, 3.8) is 0 Å². The average Bonchev–Trinajstić information content (AvgIpc) is 2.82. The smallest absolute Gasteiger partial charge is 0.226 e. The minimum atomic E-state index is 0.0955. The summed E-state index contributed by atoms with van der Waals surface area (Å²) in [5, 5.41) is 0.